The second kappa shape index (κ2) is 9.30. The van der Waals surface area contributed by atoms with Crippen LogP contribution >= 0.6 is 11.6 Å². The highest BCUT2D eigenvalue weighted by molar-refractivity contribution is 6.32. The van der Waals surface area contributed by atoms with E-state index < -0.39 is 40.8 Å². The average Bonchev–Trinajstić information content (AvgIpc) is 2.63. The Morgan fingerprint density at radius 3 is 2.43 bits per heavy atom. The number of nitrogens with one attached hydrogen (secondary N) is 1. The molecular formula is C21H23ClF2N2O4. The number of amides is 2. The van der Waals surface area contributed by atoms with Crippen LogP contribution in [0.2, 0.25) is 5.02 Å². The lowest BCUT2D eigenvalue weighted by atomic mass is 10.0. The Morgan fingerprint density at radius 1 is 1.20 bits per heavy atom. The van der Waals surface area contributed by atoms with E-state index in [9.17, 15) is 14.0 Å². The molecule has 0 aliphatic carbocycles. The van der Waals surface area contributed by atoms with Crippen molar-refractivity contribution in [3.05, 3.63) is 58.1 Å². The molecule has 2 aromatic rings. The third-order valence-corrected chi connectivity index (χ3v) is 4.27. The van der Waals surface area contributed by atoms with Crippen LogP contribution < -0.4 is 15.8 Å². The predicted octanol–water partition coefficient (Wildman–Crippen LogP) is 5.49. The molecule has 0 aromatic heterocycles. The molecule has 1 atom stereocenters. The highest BCUT2D eigenvalue weighted by Crippen LogP contribution is 2.37. The molecule has 2 aromatic carbocycles. The van der Waals surface area contributed by atoms with E-state index >= 15 is 4.39 Å². The minimum Gasteiger partial charge on any atom is -0.453 e. The first-order valence-electron chi connectivity index (χ1n) is 9.17. The number of primary amides is 1. The van der Waals surface area contributed by atoms with Gasteiger partial charge in [-0.15, -0.1) is 0 Å². The molecule has 9 heteroatoms. The molecule has 0 radical (unpaired) electrons. The number of halogens is 3. The van der Waals surface area contributed by atoms with Gasteiger partial charge in [-0.25, -0.2) is 13.6 Å². The van der Waals surface area contributed by atoms with E-state index in [2.05, 4.69) is 5.32 Å². The summed E-state index contributed by atoms with van der Waals surface area (Å²) in [7, 11) is 0. The van der Waals surface area contributed by atoms with Gasteiger partial charge in [0.15, 0.2) is 11.6 Å². The quantitative estimate of drug-likeness (QED) is 0.621. The van der Waals surface area contributed by atoms with Crippen molar-refractivity contribution in [1.82, 2.24) is 5.32 Å². The van der Waals surface area contributed by atoms with Crippen molar-refractivity contribution >= 4 is 23.6 Å². The summed E-state index contributed by atoms with van der Waals surface area (Å²) >= 11 is 6.08. The normalized spacial score (nSPS) is 12.2. The minimum absolute atomic E-state index is 0.0312. The maximum Gasteiger partial charge on any atom is 0.408 e. The number of carbonyl (C=O) groups excluding carboxylic acids is 2. The van der Waals surface area contributed by atoms with Gasteiger partial charge in [-0.3, -0.25) is 4.79 Å². The summed E-state index contributed by atoms with van der Waals surface area (Å²) in [5.74, 6) is -3.00. The van der Waals surface area contributed by atoms with E-state index in [1.807, 2.05) is 0 Å². The first kappa shape index (κ1) is 23.4. The van der Waals surface area contributed by atoms with Gasteiger partial charge >= 0.3 is 6.09 Å². The zero-order valence-electron chi connectivity index (χ0n) is 17.0. The van der Waals surface area contributed by atoms with Gasteiger partial charge in [-0.1, -0.05) is 24.6 Å². The van der Waals surface area contributed by atoms with E-state index in [0.29, 0.717) is 6.42 Å². The Kier molecular flexibility index (Phi) is 7.25. The lowest BCUT2D eigenvalue weighted by molar-refractivity contribution is 0.0501. The van der Waals surface area contributed by atoms with Crippen LogP contribution in [0.15, 0.2) is 30.3 Å². The number of rotatable bonds is 6. The Labute approximate surface area is 178 Å². The zero-order chi connectivity index (χ0) is 22.6. The smallest absolute Gasteiger partial charge is 0.408 e. The fraction of sp³-hybridized carbons (Fsp3) is 0.333. The van der Waals surface area contributed by atoms with E-state index in [0.717, 1.165) is 12.1 Å². The van der Waals surface area contributed by atoms with Gasteiger partial charge in [-0.05, 0) is 51.5 Å². The van der Waals surface area contributed by atoms with Crippen LogP contribution in [0.25, 0.3) is 0 Å². The van der Waals surface area contributed by atoms with Crippen LogP contribution in [0, 0.1) is 11.6 Å². The lowest BCUT2D eigenvalue weighted by Crippen LogP contribution is -2.35. The van der Waals surface area contributed by atoms with Crippen LogP contribution in [0.3, 0.4) is 0 Å². The van der Waals surface area contributed by atoms with Crippen LogP contribution in [0.1, 0.15) is 56.1 Å². The van der Waals surface area contributed by atoms with Crippen molar-refractivity contribution in [1.29, 1.82) is 0 Å². The Balaban J connectivity index is 2.35. The fourth-order valence-corrected chi connectivity index (χ4v) is 2.82. The lowest BCUT2D eigenvalue weighted by Gasteiger charge is -2.24. The van der Waals surface area contributed by atoms with Crippen LogP contribution in [0.4, 0.5) is 13.6 Å². The number of hydrogen-bond donors (Lipinski definition) is 2. The number of nitrogens with two attached hydrogens (primary N) is 1. The summed E-state index contributed by atoms with van der Waals surface area (Å²) < 4.78 is 39.6. The molecule has 0 spiro atoms. The summed E-state index contributed by atoms with van der Waals surface area (Å²) in [6.45, 7) is 6.90. The number of benzene rings is 2. The van der Waals surface area contributed by atoms with Gasteiger partial charge in [0.2, 0.25) is 0 Å². The van der Waals surface area contributed by atoms with Gasteiger partial charge in [0.05, 0.1) is 16.6 Å². The maximum atomic E-state index is 15.2. The molecule has 6 nitrogen and oxygen atoms in total. The van der Waals surface area contributed by atoms with Crippen LogP contribution in [0.5, 0.6) is 11.5 Å². The Morgan fingerprint density at radius 2 is 1.87 bits per heavy atom. The Hall–Kier alpha value is -2.87. The van der Waals surface area contributed by atoms with E-state index in [4.69, 9.17) is 26.8 Å². The number of hydrogen-bond acceptors (Lipinski definition) is 4. The molecular weight excluding hydrogens is 418 g/mol. The van der Waals surface area contributed by atoms with Crippen molar-refractivity contribution in [3.63, 3.8) is 0 Å². The average molecular weight is 441 g/mol. The molecule has 0 saturated heterocycles. The molecule has 0 aliphatic heterocycles. The summed E-state index contributed by atoms with van der Waals surface area (Å²) in [4.78, 5) is 23.4. The molecule has 0 bridgehead atoms. The summed E-state index contributed by atoms with van der Waals surface area (Å²) in [6, 6.07) is 5.36. The van der Waals surface area contributed by atoms with Crippen molar-refractivity contribution in [2.24, 2.45) is 5.73 Å². The Bertz CT molecular complexity index is 961. The second-order valence-electron chi connectivity index (χ2n) is 7.49. The van der Waals surface area contributed by atoms with E-state index in [-0.39, 0.29) is 22.1 Å². The van der Waals surface area contributed by atoms with Gasteiger partial charge in [0.1, 0.15) is 17.2 Å². The monoisotopic (exact) mass is 440 g/mol. The van der Waals surface area contributed by atoms with Gasteiger partial charge in [0, 0.05) is 5.56 Å². The molecule has 0 heterocycles. The molecule has 3 N–H and O–H groups in total. The molecule has 30 heavy (non-hydrogen) atoms. The third kappa shape index (κ3) is 5.82. The van der Waals surface area contributed by atoms with E-state index in [1.54, 1.807) is 27.7 Å². The minimum atomic E-state index is -0.995. The number of ether oxygens (including phenoxy) is 2. The van der Waals surface area contributed by atoms with Crippen molar-refractivity contribution in [2.45, 2.75) is 45.8 Å². The zero-order valence-corrected chi connectivity index (χ0v) is 17.8. The second-order valence-corrected chi connectivity index (χ2v) is 7.90. The molecule has 0 aliphatic rings. The third-order valence-electron chi connectivity index (χ3n) is 3.98. The topological polar surface area (TPSA) is 90.7 Å². The van der Waals surface area contributed by atoms with Gasteiger partial charge in [-0.2, -0.15) is 0 Å². The molecule has 2 amide bonds. The molecule has 0 fully saturated rings. The summed E-state index contributed by atoms with van der Waals surface area (Å²) in [5, 5.41) is 2.56. The van der Waals surface area contributed by atoms with Crippen LogP contribution in [-0.2, 0) is 4.74 Å². The highest BCUT2D eigenvalue weighted by atomic mass is 35.5. The molecule has 2 rings (SSSR count). The van der Waals surface area contributed by atoms with E-state index in [1.165, 1.54) is 18.2 Å². The number of alkyl carbamates (subject to hydrolysis) is 1. The molecule has 0 unspecified atom stereocenters. The van der Waals surface area contributed by atoms with Gasteiger partial charge in [0.25, 0.3) is 5.91 Å². The largest absolute Gasteiger partial charge is 0.453 e. The molecule has 0 saturated carbocycles. The highest BCUT2D eigenvalue weighted by Gasteiger charge is 2.24. The molecule has 162 valence electrons. The predicted molar refractivity (Wildman–Crippen MR) is 109 cm³/mol. The first-order chi connectivity index (χ1) is 13.9. The van der Waals surface area contributed by atoms with Crippen molar-refractivity contribution in [2.75, 3.05) is 0 Å². The summed E-state index contributed by atoms with van der Waals surface area (Å²) in [5.41, 5.74) is 4.13. The van der Waals surface area contributed by atoms with Crippen LogP contribution in [-0.4, -0.2) is 17.6 Å². The fourth-order valence-electron chi connectivity index (χ4n) is 2.63. The standard InChI is InChI=1S/C21H23ClF2N2O4/c1-5-16(26-20(28)30-21(2,3)4)12-7-8-14(22)18(17(12)24)29-11-6-9-15(23)13(10-11)19(25)27/h6-10,16H,5H2,1-4H3,(H2,25,27)(H,26,28)/t16-/m1/s1. The van der Waals surface area contributed by atoms with Gasteiger partial charge < -0.3 is 20.5 Å². The first-order valence-corrected chi connectivity index (χ1v) is 9.55. The number of carbonyl (C=O) groups is 2. The SMILES string of the molecule is CC[C@@H](NC(=O)OC(C)(C)C)c1ccc(Cl)c(Oc2ccc(F)c(C(N)=O)c2)c1F. The summed E-state index contributed by atoms with van der Waals surface area (Å²) in [6.07, 6.45) is -0.338. The van der Waals surface area contributed by atoms with Crippen molar-refractivity contribution in [3.8, 4) is 11.5 Å². The van der Waals surface area contributed by atoms with Crippen molar-refractivity contribution < 1.29 is 27.8 Å². The maximum absolute atomic E-state index is 15.2.